The van der Waals surface area contributed by atoms with E-state index < -0.39 is 0 Å². The highest BCUT2D eigenvalue weighted by atomic mass is 19.1. The van der Waals surface area contributed by atoms with Gasteiger partial charge in [0.25, 0.3) is 0 Å². The molecule has 2 aromatic rings. The van der Waals surface area contributed by atoms with E-state index in [1.165, 1.54) is 12.1 Å². The fourth-order valence-corrected chi connectivity index (χ4v) is 2.31. The van der Waals surface area contributed by atoms with Gasteiger partial charge in [-0.1, -0.05) is 12.1 Å². The fraction of sp³-hybridized carbons (Fsp3) is 0.375. The van der Waals surface area contributed by atoms with E-state index in [4.69, 9.17) is 0 Å². The van der Waals surface area contributed by atoms with Gasteiger partial charge in [-0.3, -0.25) is 9.48 Å². The van der Waals surface area contributed by atoms with Crippen LogP contribution in [0.2, 0.25) is 0 Å². The lowest BCUT2D eigenvalue weighted by Gasteiger charge is -2.06. The standard InChI is InChI=1S/C16H20FN3O/c1-11-15(12(2)20(3)19-11)8-9-16(21)18-10-13-4-6-14(17)7-5-13/h4-7H,8-10H2,1-3H3,(H,18,21). The number of amides is 1. The Kier molecular flexibility index (Phi) is 4.73. The second-order valence-electron chi connectivity index (χ2n) is 5.18. The van der Waals surface area contributed by atoms with Crippen LogP contribution in [0.3, 0.4) is 0 Å². The summed E-state index contributed by atoms with van der Waals surface area (Å²) in [6.45, 7) is 4.38. The van der Waals surface area contributed by atoms with Gasteiger partial charge in [0.1, 0.15) is 5.82 Å². The Hall–Kier alpha value is -2.17. The summed E-state index contributed by atoms with van der Waals surface area (Å²) in [5.74, 6) is -0.283. The number of rotatable bonds is 5. The van der Waals surface area contributed by atoms with Crippen molar-refractivity contribution in [2.45, 2.75) is 33.2 Å². The van der Waals surface area contributed by atoms with E-state index in [0.29, 0.717) is 19.4 Å². The van der Waals surface area contributed by atoms with Gasteiger partial charge < -0.3 is 5.32 Å². The molecule has 0 aliphatic heterocycles. The van der Waals surface area contributed by atoms with Crippen molar-refractivity contribution in [3.63, 3.8) is 0 Å². The molecule has 1 aromatic carbocycles. The molecule has 0 spiro atoms. The molecule has 1 amide bonds. The van der Waals surface area contributed by atoms with Crippen molar-refractivity contribution in [3.8, 4) is 0 Å². The molecule has 0 radical (unpaired) electrons. The summed E-state index contributed by atoms with van der Waals surface area (Å²) in [5.41, 5.74) is 4.09. The third-order valence-electron chi connectivity index (χ3n) is 3.66. The molecule has 4 nitrogen and oxygen atoms in total. The molecule has 112 valence electrons. The summed E-state index contributed by atoms with van der Waals surface area (Å²) in [7, 11) is 1.90. The molecular formula is C16H20FN3O. The van der Waals surface area contributed by atoms with Crippen LogP contribution in [0.1, 0.15) is 28.9 Å². The smallest absolute Gasteiger partial charge is 0.220 e. The van der Waals surface area contributed by atoms with E-state index in [1.807, 2.05) is 25.6 Å². The summed E-state index contributed by atoms with van der Waals surface area (Å²) in [6.07, 6.45) is 1.11. The van der Waals surface area contributed by atoms with E-state index in [0.717, 1.165) is 22.5 Å². The highest BCUT2D eigenvalue weighted by Gasteiger charge is 2.11. The third-order valence-corrected chi connectivity index (χ3v) is 3.66. The molecule has 1 N–H and O–H groups in total. The van der Waals surface area contributed by atoms with Crippen LogP contribution in [0.5, 0.6) is 0 Å². The first-order valence-electron chi connectivity index (χ1n) is 6.97. The van der Waals surface area contributed by atoms with Gasteiger partial charge in [0.05, 0.1) is 5.69 Å². The fourth-order valence-electron chi connectivity index (χ4n) is 2.31. The van der Waals surface area contributed by atoms with Gasteiger partial charge >= 0.3 is 0 Å². The Bertz CT molecular complexity index is 632. The topological polar surface area (TPSA) is 46.9 Å². The van der Waals surface area contributed by atoms with Crippen LogP contribution in [0, 0.1) is 19.7 Å². The minimum atomic E-state index is -0.271. The predicted octanol–water partition coefficient (Wildman–Crippen LogP) is 2.43. The Balaban J connectivity index is 1.83. The van der Waals surface area contributed by atoms with Gasteiger partial charge in [-0.25, -0.2) is 4.39 Å². The average molecular weight is 289 g/mol. The molecule has 1 aromatic heterocycles. The first kappa shape index (κ1) is 15.2. The Morgan fingerprint density at radius 3 is 2.52 bits per heavy atom. The highest BCUT2D eigenvalue weighted by molar-refractivity contribution is 5.76. The first-order valence-corrected chi connectivity index (χ1v) is 6.97. The van der Waals surface area contributed by atoms with E-state index in [2.05, 4.69) is 10.4 Å². The van der Waals surface area contributed by atoms with Crippen LogP contribution in [0.25, 0.3) is 0 Å². The van der Waals surface area contributed by atoms with Gasteiger partial charge in [0.15, 0.2) is 0 Å². The molecular weight excluding hydrogens is 269 g/mol. The molecule has 0 aliphatic carbocycles. The molecule has 1 heterocycles. The third kappa shape index (κ3) is 3.90. The summed E-state index contributed by atoms with van der Waals surface area (Å²) in [4.78, 5) is 11.9. The average Bonchev–Trinajstić information content (AvgIpc) is 2.69. The SMILES string of the molecule is Cc1nn(C)c(C)c1CCC(=O)NCc1ccc(F)cc1. The van der Waals surface area contributed by atoms with Gasteiger partial charge in [-0.15, -0.1) is 0 Å². The summed E-state index contributed by atoms with van der Waals surface area (Å²) in [6, 6.07) is 6.13. The van der Waals surface area contributed by atoms with Crippen LogP contribution in [-0.2, 0) is 24.8 Å². The van der Waals surface area contributed by atoms with Crippen LogP contribution in [-0.4, -0.2) is 15.7 Å². The maximum Gasteiger partial charge on any atom is 0.220 e. The zero-order valence-corrected chi connectivity index (χ0v) is 12.6. The second kappa shape index (κ2) is 6.52. The molecule has 5 heteroatoms. The number of carbonyl (C=O) groups excluding carboxylic acids is 1. The molecule has 0 unspecified atom stereocenters. The maximum absolute atomic E-state index is 12.8. The van der Waals surface area contributed by atoms with Gasteiger partial charge in [0.2, 0.25) is 5.91 Å². The quantitative estimate of drug-likeness (QED) is 0.919. The zero-order chi connectivity index (χ0) is 15.4. The van der Waals surface area contributed by atoms with Crippen molar-refractivity contribution in [3.05, 3.63) is 52.6 Å². The minimum absolute atomic E-state index is 0.0121. The van der Waals surface area contributed by atoms with Gasteiger partial charge in [-0.2, -0.15) is 5.10 Å². The number of hydrogen-bond donors (Lipinski definition) is 1. The Morgan fingerprint density at radius 1 is 1.29 bits per heavy atom. The van der Waals surface area contributed by atoms with Gasteiger partial charge in [-0.05, 0) is 43.5 Å². The Morgan fingerprint density at radius 2 is 1.95 bits per heavy atom. The van der Waals surface area contributed by atoms with E-state index in [9.17, 15) is 9.18 Å². The van der Waals surface area contributed by atoms with Crippen LogP contribution in [0.4, 0.5) is 4.39 Å². The number of carbonyl (C=O) groups is 1. The van der Waals surface area contributed by atoms with Crippen LogP contribution < -0.4 is 5.32 Å². The van der Waals surface area contributed by atoms with E-state index in [-0.39, 0.29) is 11.7 Å². The zero-order valence-electron chi connectivity index (χ0n) is 12.6. The summed E-state index contributed by atoms with van der Waals surface area (Å²) < 4.78 is 14.6. The van der Waals surface area contributed by atoms with Crippen molar-refractivity contribution in [1.29, 1.82) is 0 Å². The minimum Gasteiger partial charge on any atom is -0.352 e. The monoisotopic (exact) mass is 289 g/mol. The van der Waals surface area contributed by atoms with Crippen molar-refractivity contribution < 1.29 is 9.18 Å². The molecule has 0 atom stereocenters. The van der Waals surface area contributed by atoms with E-state index >= 15 is 0 Å². The van der Waals surface area contributed by atoms with Crippen molar-refractivity contribution in [2.75, 3.05) is 0 Å². The number of halogens is 1. The number of benzene rings is 1. The van der Waals surface area contributed by atoms with Crippen molar-refractivity contribution in [2.24, 2.45) is 7.05 Å². The number of nitrogens with one attached hydrogen (secondary N) is 1. The lowest BCUT2D eigenvalue weighted by Crippen LogP contribution is -2.23. The molecule has 0 fully saturated rings. The highest BCUT2D eigenvalue weighted by Crippen LogP contribution is 2.14. The van der Waals surface area contributed by atoms with Crippen molar-refractivity contribution in [1.82, 2.24) is 15.1 Å². The number of aryl methyl sites for hydroxylation is 2. The second-order valence-corrected chi connectivity index (χ2v) is 5.18. The number of hydrogen-bond acceptors (Lipinski definition) is 2. The lowest BCUT2D eigenvalue weighted by molar-refractivity contribution is -0.121. The first-order chi connectivity index (χ1) is 9.97. The van der Waals surface area contributed by atoms with Crippen LogP contribution in [0.15, 0.2) is 24.3 Å². The van der Waals surface area contributed by atoms with Gasteiger partial charge in [0, 0.05) is 25.7 Å². The molecule has 21 heavy (non-hydrogen) atoms. The molecule has 0 saturated carbocycles. The summed E-state index contributed by atoms with van der Waals surface area (Å²) >= 11 is 0. The normalized spacial score (nSPS) is 10.7. The number of nitrogens with zero attached hydrogens (tertiary/aromatic N) is 2. The molecule has 2 rings (SSSR count). The largest absolute Gasteiger partial charge is 0.352 e. The van der Waals surface area contributed by atoms with E-state index in [1.54, 1.807) is 12.1 Å². The predicted molar refractivity (Wildman–Crippen MR) is 79.2 cm³/mol. The van der Waals surface area contributed by atoms with Crippen molar-refractivity contribution >= 4 is 5.91 Å². The molecule has 0 saturated heterocycles. The maximum atomic E-state index is 12.8. The molecule has 0 bridgehead atoms. The Labute approximate surface area is 124 Å². The summed E-state index contributed by atoms with van der Waals surface area (Å²) in [5, 5.41) is 7.19. The van der Waals surface area contributed by atoms with Crippen LogP contribution >= 0.6 is 0 Å². The number of aromatic nitrogens is 2. The lowest BCUT2D eigenvalue weighted by atomic mass is 10.1. The molecule has 0 aliphatic rings.